The maximum atomic E-state index is 11.9. The molecule has 1 N–H and O–H groups in total. The molecule has 5 nitrogen and oxygen atoms in total. The van der Waals surface area contributed by atoms with Gasteiger partial charge in [-0.15, -0.1) is 0 Å². The second-order valence-electron chi connectivity index (χ2n) is 5.53. The van der Waals surface area contributed by atoms with Gasteiger partial charge in [0.1, 0.15) is 5.75 Å². The average molecular weight is 327 g/mol. The summed E-state index contributed by atoms with van der Waals surface area (Å²) in [6.07, 6.45) is 0.0658. The first-order valence-corrected chi connectivity index (χ1v) is 7.79. The summed E-state index contributed by atoms with van der Waals surface area (Å²) in [5.41, 5.74) is 1.36. The molecule has 126 valence electrons. The molecule has 2 aromatic carbocycles. The van der Waals surface area contributed by atoms with Gasteiger partial charge in [0.25, 0.3) is 5.91 Å². The highest BCUT2D eigenvalue weighted by atomic mass is 16.5. The molecule has 24 heavy (non-hydrogen) atoms. The van der Waals surface area contributed by atoms with E-state index in [1.807, 2.05) is 44.2 Å². The van der Waals surface area contributed by atoms with E-state index in [2.05, 4.69) is 5.32 Å². The number of esters is 1. The number of ether oxygens (including phenoxy) is 2. The van der Waals surface area contributed by atoms with E-state index in [1.165, 1.54) is 0 Å². The molecule has 0 saturated heterocycles. The zero-order valence-corrected chi connectivity index (χ0v) is 13.8. The third-order valence-corrected chi connectivity index (χ3v) is 3.13. The Kier molecular flexibility index (Phi) is 6.37. The predicted molar refractivity (Wildman–Crippen MR) is 90.8 cm³/mol. The Morgan fingerprint density at radius 1 is 1.00 bits per heavy atom. The zero-order chi connectivity index (χ0) is 17.4. The van der Waals surface area contributed by atoms with Crippen molar-refractivity contribution >= 4 is 11.9 Å². The van der Waals surface area contributed by atoms with Crippen LogP contribution < -0.4 is 10.1 Å². The van der Waals surface area contributed by atoms with E-state index >= 15 is 0 Å². The molecule has 0 atom stereocenters. The molecule has 0 radical (unpaired) electrons. The number of rotatable bonds is 7. The highest BCUT2D eigenvalue weighted by molar-refractivity contribution is 5.91. The summed E-state index contributed by atoms with van der Waals surface area (Å²) >= 11 is 0. The van der Waals surface area contributed by atoms with E-state index in [0.717, 1.165) is 5.56 Å². The lowest BCUT2D eigenvalue weighted by molar-refractivity contribution is -0.124. The van der Waals surface area contributed by atoms with Crippen LogP contribution in [-0.2, 0) is 16.1 Å². The molecule has 2 rings (SSSR count). The SMILES string of the molecule is CC(C)Oc1ccc(C(=O)OCC(=O)NCc2ccccc2)cc1. The summed E-state index contributed by atoms with van der Waals surface area (Å²) in [6.45, 7) is 3.95. The molecule has 0 unspecified atom stereocenters. The quantitative estimate of drug-likeness (QED) is 0.794. The van der Waals surface area contributed by atoms with Crippen molar-refractivity contribution in [3.63, 3.8) is 0 Å². The van der Waals surface area contributed by atoms with Gasteiger partial charge in [-0.1, -0.05) is 30.3 Å². The molecule has 0 bridgehead atoms. The van der Waals surface area contributed by atoms with Crippen LogP contribution in [0.1, 0.15) is 29.8 Å². The molecule has 0 aliphatic rings. The topological polar surface area (TPSA) is 64.6 Å². The molecule has 2 aromatic rings. The van der Waals surface area contributed by atoms with E-state index in [4.69, 9.17) is 9.47 Å². The van der Waals surface area contributed by atoms with Crippen molar-refractivity contribution in [3.05, 3.63) is 65.7 Å². The van der Waals surface area contributed by atoms with Crippen molar-refractivity contribution in [2.24, 2.45) is 0 Å². The summed E-state index contributed by atoms with van der Waals surface area (Å²) in [6, 6.07) is 16.1. The van der Waals surface area contributed by atoms with Gasteiger partial charge in [-0.05, 0) is 43.7 Å². The molecule has 0 fully saturated rings. The number of amides is 1. The summed E-state index contributed by atoms with van der Waals surface area (Å²) in [5, 5.41) is 2.70. The van der Waals surface area contributed by atoms with Crippen LogP contribution in [0.4, 0.5) is 0 Å². The Bertz CT molecular complexity index is 666. The molecule has 0 aliphatic carbocycles. The van der Waals surface area contributed by atoms with E-state index in [9.17, 15) is 9.59 Å². The molecular formula is C19H21NO4. The summed E-state index contributed by atoms with van der Waals surface area (Å²) < 4.78 is 10.5. The molecule has 5 heteroatoms. The molecule has 1 amide bonds. The number of nitrogens with one attached hydrogen (secondary N) is 1. The van der Waals surface area contributed by atoms with Crippen molar-refractivity contribution in [1.29, 1.82) is 0 Å². The molecule has 0 aliphatic heterocycles. The van der Waals surface area contributed by atoms with Crippen LogP contribution in [0.5, 0.6) is 5.75 Å². The minimum absolute atomic E-state index is 0.0658. The Morgan fingerprint density at radius 3 is 2.29 bits per heavy atom. The maximum absolute atomic E-state index is 11.9. The molecule has 0 aromatic heterocycles. The van der Waals surface area contributed by atoms with E-state index in [0.29, 0.717) is 17.9 Å². The second-order valence-corrected chi connectivity index (χ2v) is 5.53. The Morgan fingerprint density at radius 2 is 1.67 bits per heavy atom. The highest BCUT2D eigenvalue weighted by Crippen LogP contribution is 2.14. The van der Waals surface area contributed by atoms with Gasteiger partial charge in [0.2, 0.25) is 0 Å². The van der Waals surface area contributed by atoms with Gasteiger partial charge in [0.05, 0.1) is 11.7 Å². The Labute approximate surface area is 141 Å². The monoisotopic (exact) mass is 327 g/mol. The maximum Gasteiger partial charge on any atom is 0.338 e. The Hall–Kier alpha value is -2.82. The minimum atomic E-state index is -0.541. The van der Waals surface area contributed by atoms with Crippen LogP contribution in [-0.4, -0.2) is 24.6 Å². The van der Waals surface area contributed by atoms with Crippen molar-refractivity contribution in [3.8, 4) is 5.75 Å². The smallest absolute Gasteiger partial charge is 0.338 e. The van der Waals surface area contributed by atoms with Gasteiger partial charge in [-0.3, -0.25) is 4.79 Å². The van der Waals surface area contributed by atoms with E-state index in [1.54, 1.807) is 24.3 Å². The number of hydrogen-bond acceptors (Lipinski definition) is 4. The van der Waals surface area contributed by atoms with E-state index < -0.39 is 5.97 Å². The minimum Gasteiger partial charge on any atom is -0.491 e. The van der Waals surface area contributed by atoms with Crippen molar-refractivity contribution in [1.82, 2.24) is 5.32 Å². The van der Waals surface area contributed by atoms with Crippen LogP contribution in [0.15, 0.2) is 54.6 Å². The summed E-state index contributed by atoms with van der Waals surface area (Å²) in [7, 11) is 0. The first-order valence-electron chi connectivity index (χ1n) is 7.79. The van der Waals surface area contributed by atoms with Gasteiger partial charge in [0, 0.05) is 6.54 Å². The average Bonchev–Trinajstić information content (AvgIpc) is 2.59. The fraction of sp³-hybridized carbons (Fsp3) is 0.263. The third kappa shape index (κ3) is 5.76. The zero-order valence-electron chi connectivity index (χ0n) is 13.8. The number of benzene rings is 2. The van der Waals surface area contributed by atoms with Crippen LogP contribution in [0.3, 0.4) is 0 Å². The summed E-state index contributed by atoms with van der Waals surface area (Å²) in [5.74, 6) is -0.199. The molecule has 0 saturated carbocycles. The largest absolute Gasteiger partial charge is 0.491 e. The summed E-state index contributed by atoms with van der Waals surface area (Å²) in [4.78, 5) is 23.6. The van der Waals surface area contributed by atoms with Crippen LogP contribution in [0.25, 0.3) is 0 Å². The van der Waals surface area contributed by atoms with Gasteiger partial charge in [0.15, 0.2) is 6.61 Å². The lowest BCUT2D eigenvalue weighted by atomic mass is 10.2. The standard InChI is InChI=1S/C19H21NO4/c1-14(2)24-17-10-8-16(9-11-17)19(22)23-13-18(21)20-12-15-6-4-3-5-7-15/h3-11,14H,12-13H2,1-2H3,(H,20,21). The van der Waals surface area contributed by atoms with E-state index in [-0.39, 0.29) is 18.6 Å². The van der Waals surface area contributed by atoms with Crippen molar-refractivity contribution in [2.45, 2.75) is 26.5 Å². The number of hydrogen-bond donors (Lipinski definition) is 1. The lowest BCUT2D eigenvalue weighted by Gasteiger charge is -2.10. The number of carbonyl (C=O) groups excluding carboxylic acids is 2. The highest BCUT2D eigenvalue weighted by Gasteiger charge is 2.10. The first kappa shape index (κ1) is 17.5. The van der Waals surface area contributed by atoms with Gasteiger partial charge in [-0.25, -0.2) is 4.79 Å². The van der Waals surface area contributed by atoms with Gasteiger partial charge >= 0.3 is 5.97 Å². The molecule has 0 spiro atoms. The van der Waals surface area contributed by atoms with Gasteiger partial charge in [-0.2, -0.15) is 0 Å². The van der Waals surface area contributed by atoms with Gasteiger partial charge < -0.3 is 14.8 Å². The van der Waals surface area contributed by atoms with Crippen molar-refractivity contribution < 1.29 is 19.1 Å². The second kappa shape index (κ2) is 8.72. The van der Waals surface area contributed by atoms with Crippen LogP contribution in [0, 0.1) is 0 Å². The predicted octanol–water partition coefficient (Wildman–Crippen LogP) is 2.95. The van der Waals surface area contributed by atoms with Crippen molar-refractivity contribution in [2.75, 3.05) is 6.61 Å². The normalized spacial score (nSPS) is 10.3. The first-order chi connectivity index (χ1) is 11.5. The van der Waals surface area contributed by atoms with Crippen LogP contribution in [0.2, 0.25) is 0 Å². The lowest BCUT2D eigenvalue weighted by Crippen LogP contribution is -2.28. The Balaban J connectivity index is 1.76. The molecular weight excluding hydrogens is 306 g/mol. The fourth-order valence-electron chi connectivity index (χ4n) is 2.00. The fourth-order valence-corrected chi connectivity index (χ4v) is 2.00. The molecule has 0 heterocycles. The van der Waals surface area contributed by atoms with Crippen LogP contribution >= 0.6 is 0 Å². The third-order valence-electron chi connectivity index (χ3n) is 3.13. The number of carbonyl (C=O) groups is 2.